The van der Waals surface area contributed by atoms with Crippen molar-refractivity contribution in [3.8, 4) is 0 Å². The van der Waals surface area contributed by atoms with E-state index in [1.807, 2.05) is 0 Å². The Morgan fingerprint density at radius 2 is 2.05 bits per heavy atom. The first kappa shape index (κ1) is 14.3. The topological polar surface area (TPSA) is 58.4 Å². The minimum absolute atomic E-state index is 0.0902. The van der Waals surface area contributed by atoms with Gasteiger partial charge in [-0.2, -0.15) is 0 Å². The summed E-state index contributed by atoms with van der Waals surface area (Å²) in [6.45, 7) is 5.30. The highest BCUT2D eigenvalue weighted by Gasteiger charge is 2.49. The second-order valence-corrected chi connectivity index (χ2v) is 6.96. The fraction of sp³-hybridized carbons (Fsp3) is 0.938. The number of carbonyl (C=O) groups excluding carboxylic acids is 1. The molecule has 5 atom stereocenters. The molecular weight excluding hydrogens is 250 g/mol. The molecule has 3 N–H and O–H groups in total. The molecule has 2 bridgehead atoms. The van der Waals surface area contributed by atoms with Crippen molar-refractivity contribution >= 4 is 5.91 Å². The second-order valence-electron chi connectivity index (χ2n) is 6.96. The molecule has 2 aliphatic carbocycles. The lowest BCUT2D eigenvalue weighted by atomic mass is 9.84. The van der Waals surface area contributed by atoms with Crippen LogP contribution in [0.15, 0.2) is 0 Å². The van der Waals surface area contributed by atoms with Gasteiger partial charge in [-0.1, -0.05) is 13.3 Å². The Kier molecular flexibility index (Phi) is 4.32. The number of fused-ring (bicyclic) bond motifs is 2. The van der Waals surface area contributed by atoms with E-state index in [4.69, 9.17) is 5.73 Å². The van der Waals surface area contributed by atoms with Crippen molar-refractivity contribution in [2.75, 3.05) is 19.6 Å². The van der Waals surface area contributed by atoms with Gasteiger partial charge in [-0.25, -0.2) is 0 Å². The number of hydrogen-bond donors (Lipinski definition) is 2. The van der Waals surface area contributed by atoms with Crippen molar-refractivity contribution in [3.05, 3.63) is 0 Å². The Labute approximate surface area is 122 Å². The third kappa shape index (κ3) is 2.60. The van der Waals surface area contributed by atoms with Crippen molar-refractivity contribution in [3.63, 3.8) is 0 Å². The van der Waals surface area contributed by atoms with Gasteiger partial charge in [0, 0.05) is 18.6 Å². The quantitative estimate of drug-likeness (QED) is 0.817. The molecule has 4 heteroatoms. The van der Waals surface area contributed by atoms with Gasteiger partial charge in [-0.05, 0) is 57.0 Å². The molecule has 2 saturated carbocycles. The minimum Gasteiger partial charge on any atom is -0.354 e. The van der Waals surface area contributed by atoms with E-state index in [1.54, 1.807) is 0 Å². The molecule has 1 heterocycles. The maximum absolute atomic E-state index is 12.5. The fourth-order valence-electron chi connectivity index (χ4n) is 4.77. The van der Waals surface area contributed by atoms with Crippen LogP contribution in [0.1, 0.15) is 45.4 Å². The molecule has 20 heavy (non-hydrogen) atoms. The lowest BCUT2D eigenvalue weighted by Crippen LogP contribution is -2.50. The summed E-state index contributed by atoms with van der Waals surface area (Å²) in [6, 6.07) is 0.648. The Bertz CT molecular complexity index is 358. The SMILES string of the molecule is CCN1CCCCC1CNC(=O)C1C2CCC(C2)C1N. The predicted molar refractivity (Wildman–Crippen MR) is 80.2 cm³/mol. The molecule has 0 aromatic heterocycles. The number of nitrogens with zero attached hydrogens (tertiary/aromatic N) is 1. The van der Waals surface area contributed by atoms with Gasteiger partial charge >= 0.3 is 0 Å². The molecule has 4 nitrogen and oxygen atoms in total. The van der Waals surface area contributed by atoms with Gasteiger partial charge in [0.1, 0.15) is 0 Å². The van der Waals surface area contributed by atoms with Crippen LogP contribution in [0.25, 0.3) is 0 Å². The monoisotopic (exact) mass is 279 g/mol. The number of likely N-dealkylation sites (N-methyl/N-ethyl adjacent to an activating group) is 1. The number of carbonyl (C=O) groups is 1. The van der Waals surface area contributed by atoms with Crippen LogP contribution in [-0.4, -0.2) is 42.5 Å². The Hall–Kier alpha value is -0.610. The van der Waals surface area contributed by atoms with Crippen LogP contribution in [0.3, 0.4) is 0 Å². The first-order valence-electron chi connectivity index (χ1n) is 8.48. The van der Waals surface area contributed by atoms with Crippen LogP contribution in [0.4, 0.5) is 0 Å². The highest BCUT2D eigenvalue weighted by atomic mass is 16.2. The highest BCUT2D eigenvalue weighted by molar-refractivity contribution is 5.80. The number of rotatable bonds is 4. The molecule has 3 aliphatic rings. The zero-order valence-electron chi connectivity index (χ0n) is 12.7. The average molecular weight is 279 g/mol. The minimum atomic E-state index is 0.0902. The molecule has 1 amide bonds. The lowest BCUT2D eigenvalue weighted by Gasteiger charge is -2.35. The summed E-state index contributed by atoms with van der Waals surface area (Å²) in [5, 5.41) is 3.21. The zero-order valence-corrected chi connectivity index (χ0v) is 12.7. The van der Waals surface area contributed by atoms with Gasteiger partial charge in [0.05, 0.1) is 5.92 Å². The number of hydrogen-bond acceptors (Lipinski definition) is 3. The Morgan fingerprint density at radius 3 is 2.75 bits per heavy atom. The van der Waals surface area contributed by atoms with Crippen LogP contribution in [0.2, 0.25) is 0 Å². The smallest absolute Gasteiger partial charge is 0.225 e. The van der Waals surface area contributed by atoms with Gasteiger partial charge in [0.25, 0.3) is 0 Å². The summed E-state index contributed by atoms with van der Waals surface area (Å²) in [5.41, 5.74) is 6.26. The normalized spacial score (nSPS) is 41.0. The molecule has 114 valence electrons. The number of likely N-dealkylation sites (tertiary alicyclic amines) is 1. The number of piperidine rings is 1. The summed E-state index contributed by atoms with van der Waals surface area (Å²) in [5.74, 6) is 1.49. The molecule has 5 unspecified atom stereocenters. The van der Waals surface area contributed by atoms with E-state index in [2.05, 4.69) is 17.1 Å². The molecule has 0 aromatic carbocycles. The highest BCUT2D eigenvalue weighted by Crippen LogP contribution is 2.47. The molecule has 1 saturated heterocycles. The third-order valence-corrected chi connectivity index (χ3v) is 5.95. The first-order chi connectivity index (χ1) is 9.70. The van der Waals surface area contributed by atoms with Crippen molar-refractivity contribution in [2.24, 2.45) is 23.5 Å². The average Bonchev–Trinajstić information content (AvgIpc) is 3.06. The molecule has 0 radical (unpaired) electrons. The van der Waals surface area contributed by atoms with Crippen molar-refractivity contribution in [2.45, 2.75) is 57.5 Å². The standard InChI is InChI=1S/C16H29N3O/c1-2-19-8-4-3-5-13(19)10-18-16(20)14-11-6-7-12(9-11)15(14)17/h11-15H,2-10,17H2,1H3,(H,18,20). The van der Waals surface area contributed by atoms with Crippen molar-refractivity contribution in [1.82, 2.24) is 10.2 Å². The Morgan fingerprint density at radius 1 is 1.25 bits per heavy atom. The van der Waals surface area contributed by atoms with Gasteiger partial charge in [0.15, 0.2) is 0 Å². The fourth-order valence-corrected chi connectivity index (χ4v) is 4.77. The summed E-state index contributed by atoms with van der Waals surface area (Å²) in [4.78, 5) is 15.0. The lowest BCUT2D eigenvalue weighted by molar-refractivity contribution is -0.127. The van der Waals surface area contributed by atoms with Gasteiger partial charge in [-0.15, -0.1) is 0 Å². The van der Waals surface area contributed by atoms with Crippen LogP contribution >= 0.6 is 0 Å². The summed E-state index contributed by atoms with van der Waals surface area (Å²) >= 11 is 0. The maximum Gasteiger partial charge on any atom is 0.225 e. The summed E-state index contributed by atoms with van der Waals surface area (Å²) in [6.07, 6.45) is 7.45. The van der Waals surface area contributed by atoms with Crippen LogP contribution in [0, 0.1) is 17.8 Å². The number of nitrogens with one attached hydrogen (secondary N) is 1. The van der Waals surface area contributed by atoms with E-state index in [0.29, 0.717) is 17.9 Å². The van der Waals surface area contributed by atoms with Crippen molar-refractivity contribution < 1.29 is 4.79 Å². The zero-order chi connectivity index (χ0) is 14.1. The van der Waals surface area contributed by atoms with Crippen molar-refractivity contribution in [1.29, 1.82) is 0 Å². The van der Waals surface area contributed by atoms with E-state index in [1.165, 1.54) is 45.1 Å². The predicted octanol–water partition coefficient (Wildman–Crippen LogP) is 1.35. The largest absolute Gasteiger partial charge is 0.354 e. The molecule has 3 rings (SSSR count). The number of nitrogens with two attached hydrogens (primary N) is 1. The van der Waals surface area contributed by atoms with E-state index in [-0.39, 0.29) is 17.9 Å². The van der Waals surface area contributed by atoms with E-state index < -0.39 is 0 Å². The first-order valence-corrected chi connectivity index (χ1v) is 8.48. The molecule has 0 spiro atoms. The third-order valence-electron chi connectivity index (χ3n) is 5.95. The van der Waals surface area contributed by atoms with Gasteiger partial charge < -0.3 is 11.1 Å². The molecule has 0 aromatic rings. The van der Waals surface area contributed by atoms with E-state index >= 15 is 0 Å². The van der Waals surface area contributed by atoms with Crippen LogP contribution in [-0.2, 0) is 4.79 Å². The molecule has 1 aliphatic heterocycles. The summed E-state index contributed by atoms with van der Waals surface area (Å²) in [7, 11) is 0. The van der Waals surface area contributed by atoms with Crippen LogP contribution in [0.5, 0.6) is 0 Å². The van der Waals surface area contributed by atoms with Gasteiger partial charge in [-0.3, -0.25) is 9.69 Å². The maximum atomic E-state index is 12.5. The van der Waals surface area contributed by atoms with Gasteiger partial charge in [0.2, 0.25) is 5.91 Å². The molecular formula is C16H29N3O. The number of amides is 1. The molecule has 3 fully saturated rings. The summed E-state index contributed by atoms with van der Waals surface area (Å²) < 4.78 is 0. The van der Waals surface area contributed by atoms with E-state index in [0.717, 1.165) is 13.1 Å². The van der Waals surface area contributed by atoms with Crippen LogP contribution < -0.4 is 11.1 Å². The second kappa shape index (κ2) is 6.02. The Balaban J connectivity index is 1.52. The van der Waals surface area contributed by atoms with E-state index in [9.17, 15) is 4.79 Å².